The van der Waals surface area contributed by atoms with Crippen molar-refractivity contribution in [3.63, 3.8) is 0 Å². The van der Waals surface area contributed by atoms with Gasteiger partial charge < -0.3 is 19.6 Å². The fourth-order valence-electron chi connectivity index (χ4n) is 3.01. The van der Waals surface area contributed by atoms with Gasteiger partial charge in [0, 0.05) is 32.7 Å². The normalized spacial score (nSPS) is 22.6. The van der Waals surface area contributed by atoms with E-state index in [0.717, 1.165) is 31.2 Å². The Morgan fingerprint density at radius 3 is 2.86 bits per heavy atom. The minimum atomic E-state index is -0.454. The molecule has 0 aromatic carbocycles. The highest BCUT2D eigenvalue weighted by atomic mass is 16.5. The molecule has 0 amide bonds. The Morgan fingerprint density at radius 1 is 1.24 bits per heavy atom. The van der Waals surface area contributed by atoms with Crippen molar-refractivity contribution in [1.29, 1.82) is 0 Å². The summed E-state index contributed by atoms with van der Waals surface area (Å²) >= 11 is 0. The highest BCUT2D eigenvalue weighted by Crippen LogP contribution is 2.30. The maximum absolute atomic E-state index is 9.98. The lowest BCUT2D eigenvalue weighted by molar-refractivity contribution is 0.0597. The lowest BCUT2D eigenvalue weighted by atomic mass is 9.96. The van der Waals surface area contributed by atoms with Gasteiger partial charge in [0.1, 0.15) is 5.82 Å². The van der Waals surface area contributed by atoms with Gasteiger partial charge in [0.2, 0.25) is 5.95 Å². The van der Waals surface area contributed by atoms with Crippen molar-refractivity contribution in [2.75, 3.05) is 50.2 Å². The first-order valence-corrected chi connectivity index (χ1v) is 7.73. The molecule has 3 rings (SSSR count). The zero-order valence-corrected chi connectivity index (χ0v) is 12.9. The summed E-state index contributed by atoms with van der Waals surface area (Å²) in [4.78, 5) is 13.6. The van der Waals surface area contributed by atoms with Crippen LogP contribution in [0.2, 0.25) is 0 Å². The molecule has 1 aromatic heterocycles. The van der Waals surface area contributed by atoms with Crippen molar-refractivity contribution in [2.24, 2.45) is 0 Å². The third-order valence-corrected chi connectivity index (χ3v) is 4.10. The molecule has 1 saturated heterocycles. The average Bonchev–Trinajstić information content (AvgIpc) is 2.70. The molecule has 6 nitrogen and oxygen atoms in total. The maximum atomic E-state index is 9.98. The van der Waals surface area contributed by atoms with Gasteiger partial charge in [-0.2, -0.15) is 4.98 Å². The van der Waals surface area contributed by atoms with E-state index in [1.165, 1.54) is 24.1 Å². The molecule has 1 aliphatic heterocycles. The summed E-state index contributed by atoms with van der Waals surface area (Å²) in [5, 5.41) is 9.98. The van der Waals surface area contributed by atoms with Crippen LogP contribution in [0.25, 0.3) is 0 Å². The predicted octanol–water partition coefficient (Wildman–Crippen LogP) is 0.619. The number of ether oxygens (including phenoxy) is 1. The van der Waals surface area contributed by atoms with Crippen molar-refractivity contribution in [3.05, 3.63) is 11.3 Å². The third-order valence-electron chi connectivity index (χ3n) is 4.10. The molecule has 1 aliphatic carbocycles. The smallest absolute Gasteiger partial charge is 0.227 e. The second-order valence-corrected chi connectivity index (χ2v) is 6.05. The molecule has 2 aliphatic rings. The van der Waals surface area contributed by atoms with Crippen LogP contribution in [0, 0.1) is 0 Å². The van der Waals surface area contributed by atoms with Crippen LogP contribution in [0.4, 0.5) is 11.8 Å². The van der Waals surface area contributed by atoms with E-state index in [-0.39, 0.29) is 0 Å². The summed E-state index contributed by atoms with van der Waals surface area (Å²) in [5.74, 6) is 1.75. The molecule has 0 saturated carbocycles. The quantitative estimate of drug-likeness (QED) is 0.862. The highest BCUT2D eigenvalue weighted by Gasteiger charge is 2.25. The number of aromatic nitrogens is 2. The SMILES string of the molecule is CN(C)c1nc2c(c(N3CCOC[C@@H](O)C3)n1)CCCC2. The fraction of sp³-hybridized carbons (Fsp3) is 0.733. The monoisotopic (exact) mass is 292 g/mol. The number of hydrogen-bond acceptors (Lipinski definition) is 6. The summed E-state index contributed by atoms with van der Waals surface area (Å²) in [5.41, 5.74) is 2.44. The molecule has 21 heavy (non-hydrogen) atoms. The molecule has 6 heteroatoms. The van der Waals surface area contributed by atoms with Crippen LogP contribution < -0.4 is 9.80 Å². The van der Waals surface area contributed by atoms with Crippen LogP contribution in [0.5, 0.6) is 0 Å². The van der Waals surface area contributed by atoms with Crippen LogP contribution >= 0.6 is 0 Å². The van der Waals surface area contributed by atoms with Crippen molar-refractivity contribution < 1.29 is 9.84 Å². The van der Waals surface area contributed by atoms with Gasteiger partial charge in [-0.05, 0) is 25.7 Å². The molecular formula is C15H24N4O2. The van der Waals surface area contributed by atoms with E-state index in [4.69, 9.17) is 14.7 Å². The minimum absolute atomic E-state index is 0.407. The van der Waals surface area contributed by atoms with Crippen molar-refractivity contribution in [1.82, 2.24) is 9.97 Å². The van der Waals surface area contributed by atoms with E-state index in [9.17, 15) is 5.11 Å². The van der Waals surface area contributed by atoms with Crippen LogP contribution in [0.15, 0.2) is 0 Å². The second-order valence-electron chi connectivity index (χ2n) is 6.05. The number of nitrogens with zero attached hydrogens (tertiary/aromatic N) is 4. The van der Waals surface area contributed by atoms with Crippen molar-refractivity contribution in [2.45, 2.75) is 31.8 Å². The Hall–Kier alpha value is -1.40. The van der Waals surface area contributed by atoms with Gasteiger partial charge in [-0.1, -0.05) is 0 Å². The lowest BCUT2D eigenvalue weighted by Crippen LogP contribution is -2.35. The van der Waals surface area contributed by atoms with Gasteiger partial charge in [-0.3, -0.25) is 0 Å². The van der Waals surface area contributed by atoms with Gasteiger partial charge in [0.05, 0.1) is 25.0 Å². The number of rotatable bonds is 2. The van der Waals surface area contributed by atoms with Crippen LogP contribution in [0.3, 0.4) is 0 Å². The number of aliphatic hydroxyl groups is 1. The molecule has 1 N–H and O–H groups in total. The van der Waals surface area contributed by atoms with Gasteiger partial charge in [0.15, 0.2) is 0 Å². The molecule has 1 atom stereocenters. The first-order chi connectivity index (χ1) is 10.1. The molecule has 1 aromatic rings. The predicted molar refractivity (Wildman–Crippen MR) is 82.0 cm³/mol. The molecule has 116 valence electrons. The van der Waals surface area contributed by atoms with E-state index in [0.29, 0.717) is 19.8 Å². The number of hydrogen-bond donors (Lipinski definition) is 1. The van der Waals surface area contributed by atoms with E-state index in [1.807, 2.05) is 19.0 Å². The minimum Gasteiger partial charge on any atom is -0.389 e. The average molecular weight is 292 g/mol. The Bertz CT molecular complexity index is 507. The summed E-state index contributed by atoms with van der Waals surface area (Å²) in [6, 6.07) is 0. The number of aryl methyl sites for hydroxylation is 1. The molecule has 0 radical (unpaired) electrons. The zero-order chi connectivity index (χ0) is 14.8. The fourth-order valence-corrected chi connectivity index (χ4v) is 3.01. The van der Waals surface area contributed by atoms with Gasteiger partial charge >= 0.3 is 0 Å². The molecule has 0 bridgehead atoms. The molecular weight excluding hydrogens is 268 g/mol. The van der Waals surface area contributed by atoms with E-state index in [2.05, 4.69) is 4.90 Å². The first-order valence-electron chi connectivity index (χ1n) is 7.73. The van der Waals surface area contributed by atoms with E-state index in [1.54, 1.807) is 0 Å². The van der Waals surface area contributed by atoms with Crippen LogP contribution in [-0.4, -0.2) is 61.6 Å². The van der Waals surface area contributed by atoms with Gasteiger partial charge in [-0.25, -0.2) is 4.98 Å². The van der Waals surface area contributed by atoms with Gasteiger partial charge in [0.25, 0.3) is 0 Å². The number of β-amino-alcohol motifs (C(OH)–C–C–N with tert-alkyl or cyclic N) is 1. The molecule has 0 spiro atoms. The van der Waals surface area contributed by atoms with Crippen molar-refractivity contribution >= 4 is 11.8 Å². The number of aliphatic hydroxyl groups excluding tert-OH is 1. The Labute approximate surface area is 125 Å². The van der Waals surface area contributed by atoms with Gasteiger partial charge in [-0.15, -0.1) is 0 Å². The Kier molecular flexibility index (Phi) is 4.26. The summed E-state index contributed by atoms with van der Waals surface area (Å²) in [6.45, 7) is 2.39. The molecule has 2 heterocycles. The number of fused-ring (bicyclic) bond motifs is 1. The maximum Gasteiger partial charge on any atom is 0.227 e. The molecule has 1 fully saturated rings. The zero-order valence-electron chi connectivity index (χ0n) is 12.9. The Balaban J connectivity index is 2.00. The van der Waals surface area contributed by atoms with E-state index < -0.39 is 6.10 Å². The topological polar surface area (TPSA) is 61.7 Å². The van der Waals surface area contributed by atoms with Crippen LogP contribution in [-0.2, 0) is 17.6 Å². The van der Waals surface area contributed by atoms with Crippen molar-refractivity contribution in [3.8, 4) is 0 Å². The standard InChI is InChI=1S/C15H24N4O2/c1-18(2)15-16-13-6-4-3-5-12(13)14(17-15)19-7-8-21-10-11(20)9-19/h11,20H,3-10H2,1-2H3/t11-/m0/s1. The first kappa shape index (κ1) is 14.5. The highest BCUT2D eigenvalue weighted by molar-refractivity contribution is 5.54. The third kappa shape index (κ3) is 3.11. The second kappa shape index (κ2) is 6.15. The Morgan fingerprint density at radius 2 is 2.05 bits per heavy atom. The summed E-state index contributed by atoms with van der Waals surface area (Å²) in [7, 11) is 3.93. The summed E-state index contributed by atoms with van der Waals surface area (Å²) in [6.07, 6.45) is 3.99. The number of anilines is 2. The summed E-state index contributed by atoms with van der Waals surface area (Å²) < 4.78 is 5.43. The lowest BCUT2D eigenvalue weighted by Gasteiger charge is -2.29. The van der Waals surface area contributed by atoms with E-state index >= 15 is 0 Å². The largest absolute Gasteiger partial charge is 0.389 e. The molecule has 0 unspecified atom stereocenters. The van der Waals surface area contributed by atoms with Crippen LogP contribution in [0.1, 0.15) is 24.1 Å².